The number of pyridine rings is 1. The van der Waals surface area contributed by atoms with E-state index in [1.54, 1.807) is 12.1 Å². The van der Waals surface area contributed by atoms with Gasteiger partial charge in [0.25, 0.3) is 5.91 Å². The molecule has 0 atom stereocenters. The number of nitrogens with one attached hydrogen (secondary N) is 1. The Balaban J connectivity index is 1.92. The molecule has 1 aromatic rings. The average Bonchev–Trinajstić information content (AvgIpc) is 2.38. The number of hydrogen-bond acceptors (Lipinski definition) is 3. The van der Waals surface area contributed by atoms with Crippen LogP contribution in [-0.4, -0.2) is 41.0 Å². The zero-order chi connectivity index (χ0) is 14.7. The Hall–Kier alpha value is -1.13. The molecule has 110 valence electrons. The molecule has 1 aliphatic heterocycles. The fourth-order valence-corrected chi connectivity index (χ4v) is 2.84. The molecule has 1 N–H and O–H groups in total. The average molecular weight is 296 g/mol. The van der Waals surface area contributed by atoms with Crippen LogP contribution in [0, 0.1) is 6.92 Å². The highest BCUT2D eigenvalue weighted by Gasteiger charge is 2.22. The van der Waals surface area contributed by atoms with Crippen LogP contribution < -0.4 is 5.32 Å². The molecule has 5 heteroatoms. The summed E-state index contributed by atoms with van der Waals surface area (Å²) in [4.78, 5) is 18.7. The van der Waals surface area contributed by atoms with Gasteiger partial charge in [-0.05, 0) is 45.7 Å². The molecule has 1 fully saturated rings. The second kappa shape index (κ2) is 6.55. The summed E-state index contributed by atoms with van der Waals surface area (Å²) in [6, 6.07) is 4.22. The van der Waals surface area contributed by atoms with Gasteiger partial charge in [-0.25, -0.2) is 4.98 Å². The lowest BCUT2D eigenvalue weighted by atomic mass is 10.0. The molecule has 2 heterocycles. The van der Waals surface area contributed by atoms with Gasteiger partial charge in [0.15, 0.2) is 0 Å². The van der Waals surface area contributed by atoms with Gasteiger partial charge in [-0.2, -0.15) is 0 Å². The van der Waals surface area contributed by atoms with Crippen LogP contribution >= 0.6 is 11.6 Å². The minimum absolute atomic E-state index is 0.0552. The zero-order valence-electron chi connectivity index (χ0n) is 12.3. The van der Waals surface area contributed by atoms with Gasteiger partial charge in [-0.3, -0.25) is 4.79 Å². The van der Waals surface area contributed by atoms with Crippen LogP contribution in [0.3, 0.4) is 0 Å². The standard InChI is InChI=1S/C15H22ClN3O/c1-10(2)19-6-4-13(5-7-19)18-15(20)12-8-11(3)17-14(16)9-12/h8-10,13H,4-7H2,1-3H3,(H,18,20). The Morgan fingerprint density at radius 3 is 2.60 bits per heavy atom. The maximum atomic E-state index is 12.2. The molecule has 1 aliphatic rings. The van der Waals surface area contributed by atoms with Gasteiger partial charge in [-0.1, -0.05) is 11.6 Å². The summed E-state index contributed by atoms with van der Waals surface area (Å²) in [5.41, 5.74) is 1.35. The molecule has 1 aromatic heterocycles. The Labute approximate surface area is 125 Å². The summed E-state index contributed by atoms with van der Waals surface area (Å²) in [6.45, 7) is 8.34. The van der Waals surface area contributed by atoms with Crippen LogP contribution in [0.4, 0.5) is 0 Å². The Kier molecular flexibility index (Phi) is 5.00. The third-order valence-corrected chi connectivity index (χ3v) is 3.97. The smallest absolute Gasteiger partial charge is 0.251 e. The van der Waals surface area contributed by atoms with E-state index in [1.807, 2.05) is 6.92 Å². The maximum absolute atomic E-state index is 12.2. The monoisotopic (exact) mass is 295 g/mol. The summed E-state index contributed by atoms with van der Waals surface area (Å²) in [5.74, 6) is -0.0552. The summed E-state index contributed by atoms with van der Waals surface area (Å²) in [6.07, 6.45) is 2.00. The second-order valence-corrected chi connectivity index (χ2v) is 6.08. The largest absolute Gasteiger partial charge is 0.349 e. The number of aryl methyl sites for hydroxylation is 1. The lowest BCUT2D eigenvalue weighted by Crippen LogP contribution is -2.46. The van der Waals surface area contributed by atoms with Crippen molar-refractivity contribution in [2.45, 2.75) is 45.7 Å². The molecule has 0 radical (unpaired) electrons. The van der Waals surface area contributed by atoms with Crippen molar-refractivity contribution in [1.29, 1.82) is 0 Å². The molecule has 2 rings (SSSR count). The van der Waals surface area contributed by atoms with Gasteiger partial charge in [-0.15, -0.1) is 0 Å². The van der Waals surface area contributed by atoms with Gasteiger partial charge in [0, 0.05) is 36.4 Å². The third kappa shape index (κ3) is 3.93. The summed E-state index contributed by atoms with van der Waals surface area (Å²) in [5, 5.41) is 3.46. The molecule has 0 aromatic carbocycles. The number of carbonyl (C=O) groups is 1. The number of aromatic nitrogens is 1. The van der Waals surface area contributed by atoms with E-state index in [-0.39, 0.29) is 11.9 Å². The fourth-order valence-electron chi connectivity index (χ4n) is 2.59. The predicted octanol–water partition coefficient (Wildman–Crippen LogP) is 2.65. The summed E-state index contributed by atoms with van der Waals surface area (Å²) < 4.78 is 0. The Bertz CT molecular complexity index is 462. The van der Waals surface area contributed by atoms with E-state index < -0.39 is 0 Å². The van der Waals surface area contributed by atoms with E-state index in [4.69, 9.17) is 11.6 Å². The van der Waals surface area contributed by atoms with E-state index in [0.29, 0.717) is 16.8 Å². The number of nitrogens with zero attached hydrogens (tertiary/aromatic N) is 2. The number of hydrogen-bond donors (Lipinski definition) is 1. The number of likely N-dealkylation sites (tertiary alicyclic amines) is 1. The molecule has 0 unspecified atom stereocenters. The summed E-state index contributed by atoms with van der Waals surface area (Å²) in [7, 11) is 0. The summed E-state index contributed by atoms with van der Waals surface area (Å²) >= 11 is 5.89. The van der Waals surface area contributed by atoms with Gasteiger partial charge in [0.1, 0.15) is 5.15 Å². The van der Waals surface area contributed by atoms with Crippen molar-refractivity contribution in [3.8, 4) is 0 Å². The van der Waals surface area contributed by atoms with Crippen LogP contribution in [0.25, 0.3) is 0 Å². The zero-order valence-corrected chi connectivity index (χ0v) is 13.1. The first kappa shape index (κ1) is 15.3. The van der Waals surface area contributed by atoms with Crippen molar-refractivity contribution >= 4 is 17.5 Å². The van der Waals surface area contributed by atoms with Crippen LogP contribution in [0.2, 0.25) is 5.15 Å². The molecule has 0 saturated carbocycles. The van der Waals surface area contributed by atoms with Crippen molar-refractivity contribution in [3.05, 3.63) is 28.5 Å². The molecular weight excluding hydrogens is 274 g/mol. The van der Waals surface area contributed by atoms with Gasteiger partial charge < -0.3 is 10.2 Å². The van der Waals surface area contributed by atoms with Crippen LogP contribution in [0.1, 0.15) is 42.7 Å². The van der Waals surface area contributed by atoms with E-state index in [1.165, 1.54) is 0 Å². The highest BCUT2D eigenvalue weighted by molar-refractivity contribution is 6.29. The topological polar surface area (TPSA) is 45.2 Å². The number of carbonyl (C=O) groups excluding carboxylic acids is 1. The highest BCUT2D eigenvalue weighted by Crippen LogP contribution is 2.15. The quantitative estimate of drug-likeness (QED) is 0.872. The van der Waals surface area contributed by atoms with E-state index in [0.717, 1.165) is 31.6 Å². The minimum Gasteiger partial charge on any atom is -0.349 e. The van der Waals surface area contributed by atoms with Crippen molar-refractivity contribution in [1.82, 2.24) is 15.2 Å². The van der Waals surface area contributed by atoms with E-state index in [9.17, 15) is 4.79 Å². The lowest BCUT2D eigenvalue weighted by Gasteiger charge is -2.34. The van der Waals surface area contributed by atoms with E-state index in [2.05, 4.69) is 29.0 Å². The van der Waals surface area contributed by atoms with Crippen molar-refractivity contribution in [2.75, 3.05) is 13.1 Å². The normalized spacial score (nSPS) is 17.4. The first-order chi connectivity index (χ1) is 9.45. The lowest BCUT2D eigenvalue weighted by molar-refractivity contribution is 0.0900. The molecule has 1 amide bonds. The Morgan fingerprint density at radius 1 is 1.40 bits per heavy atom. The molecule has 0 bridgehead atoms. The molecular formula is C15H22ClN3O. The van der Waals surface area contributed by atoms with Gasteiger partial charge in [0.05, 0.1) is 0 Å². The second-order valence-electron chi connectivity index (χ2n) is 5.70. The first-order valence-electron chi connectivity index (χ1n) is 7.15. The molecule has 0 spiro atoms. The van der Waals surface area contributed by atoms with Crippen molar-refractivity contribution in [3.63, 3.8) is 0 Å². The van der Waals surface area contributed by atoms with Gasteiger partial charge in [0.2, 0.25) is 0 Å². The number of piperidine rings is 1. The predicted molar refractivity (Wildman–Crippen MR) is 81.2 cm³/mol. The van der Waals surface area contributed by atoms with Crippen LogP contribution in [0.5, 0.6) is 0 Å². The van der Waals surface area contributed by atoms with Crippen molar-refractivity contribution in [2.24, 2.45) is 0 Å². The fraction of sp³-hybridized carbons (Fsp3) is 0.600. The molecule has 0 aliphatic carbocycles. The number of halogens is 1. The van der Waals surface area contributed by atoms with Crippen molar-refractivity contribution < 1.29 is 4.79 Å². The molecule has 4 nitrogen and oxygen atoms in total. The molecule has 20 heavy (non-hydrogen) atoms. The maximum Gasteiger partial charge on any atom is 0.251 e. The highest BCUT2D eigenvalue weighted by atomic mass is 35.5. The minimum atomic E-state index is -0.0552. The third-order valence-electron chi connectivity index (χ3n) is 3.78. The Morgan fingerprint density at radius 2 is 2.05 bits per heavy atom. The molecule has 1 saturated heterocycles. The van der Waals surface area contributed by atoms with Gasteiger partial charge >= 0.3 is 0 Å². The van der Waals surface area contributed by atoms with Crippen LogP contribution in [0.15, 0.2) is 12.1 Å². The SMILES string of the molecule is Cc1cc(C(=O)NC2CCN(C(C)C)CC2)cc(Cl)n1. The number of rotatable bonds is 3. The van der Waals surface area contributed by atoms with Crippen LogP contribution in [-0.2, 0) is 0 Å². The van der Waals surface area contributed by atoms with E-state index >= 15 is 0 Å². The number of amides is 1. The first-order valence-corrected chi connectivity index (χ1v) is 7.52.